The smallest absolute Gasteiger partial charge is 0.342 e. The van der Waals surface area contributed by atoms with Gasteiger partial charge in [0.15, 0.2) is 5.82 Å². The maximum Gasteiger partial charge on any atom is 0.342 e. The first-order chi connectivity index (χ1) is 20.4. The highest BCUT2D eigenvalue weighted by atomic mass is 16.5. The Balaban J connectivity index is 1.27. The highest BCUT2D eigenvalue weighted by molar-refractivity contribution is 5.90. The summed E-state index contributed by atoms with van der Waals surface area (Å²) in [6.45, 7) is 10.6. The third-order valence-electron chi connectivity index (χ3n) is 8.56. The topological polar surface area (TPSA) is 98.9 Å². The molecular weight excluding hydrogens is 532 g/mol. The van der Waals surface area contributed by atoms with Gasteiger partial charge in [0.1, 0.15) is 17.9 Å². The summed E-state index contributed by atoms with van der Waals surface area (Å²) in [7, 11) is 1.42. The third-order valence-corrected chi connectivity index (χ3v) is 8.56. The lowest BCUT2D eigenvalue weighted by atomic mass is 9.95. The number of fused-ring (bicyclic) bond motifs is 1. The summed E-state index contributed by atoms with van der Waals surface area (Å²) in [6.07, 6.45) is 3.46. The molecule has 2 aliphatic heterocycles. The number of hydrogen-bond acceptors (Lipinski definition) is 7. The van der Waals surface area contributed by atoms with Crippen molar-refractivity contribution in [1.29, 1.82) is 0 Å². The summed E-state index contributed by atoms with van der Waals surface area (Å²) in [5.41, 5.74) is 9.23. The van der Waals surface area contributed by atoms with Crippen LogP contribution < -0.4 is 9.47 Å². The molecule has 2 aromatic carbocycles. The van der Waals surface area contributed by atoms with Crippen molar-refractivity contribution < 1.29 is 24.1 Å². The average Bonchev–Trinajstić information content (AvgIpc) is 3.65. The second kappa shape index (κ2) is 11.6. The zero-order valence-electron chi connectivity index (χ0n) is 24.5. The van der Waals surface area contributed by atoms with Crippen LogP contribution in [0.15, 0.2) is 48.7 Å². The molecule has 1 saturated heterocycles. The van der Waals surface area contributed by atoms with Crippen molar-refractivity contribution in [2.45, 2.75) is 59.4 Å². The number of ether oxygens (including phenoxy) is 3. The number of carboxylic acid groups (broad SMARTS) is 1. The van der Waals surface area contributed by atoms with E-state index < -0.39 is 5.97 Å². The standard InChI is InChI=1S/C33H36N4O5/c1-20-7-5-8-25(29-9-6-10-30(35-29)37-32(40-4)26(16-34-37)33(38)39)31(20)42-19-23-15-21(2)27-17-36(18-28(27)22(23)3)24-11-13-41-14-12-24/h5-10,15-16,24H,11-14,17-19H2,1-4H3,(H,38,39). The second-order valence-electron chi connectivity index (χ2n) is 11.1. The van der Waals surface area contributed by atoms with Gasteiger partial charge in [0.05, 0.1) is 19.0 Å². The van der Waals surface area contributed by atoms with E-state index in [-0.39, 0.29) is 11.4 Å². The molecule has 4 aromatic rings. The molecule has 2 aromatic heterocycles. The lowest BCUT2D eigenvalue weighted by Crippen LogP contribution is -2.35. The first kappa shape index (κ1) is 27.9. The average molecular weight is 569 g/mol. The number of carboxylic acids is 1. The van der Waals surface area contributed by atoms with E-state index in [1.807, 2.05) is 37.3 Å². The number of hydrogen-bond donors (Lipinski definition) is 1. The first-order valence-corrected chi connectivity index (χ1v) is 14.3. The normalized spacial score (nSPS) is 15.5. The second-order valence-corrected chi connectivity index (χ2v) is 11.1. The fourth-order valence-electron chi connectivity index (χ4n) is 6.20. The molecule has 6 rings (SSSR count). The number of aromatic nitrogens is 3. The van der Waals surface area contributed by atoms with Crippen molar-refractivity contribution in [3.8, 4) is 28.7 Å². The Labute approximate surface area is 245 Å². The summed E-state index contributed by atoms with van der Waals surface area (Å²) >= 11 is 0. The molecule has 0 bridgehead atoms. The molecule has 0 amide bonds. The summed E-state index contributed by atoms with van der Waals surface area (Å²) < 4.78 is 18.9. The minimum absolute atomic E-state index is 0.0276. The first-order valence-electron chi connectivity index (χ1n) is 14.3. The van der Waals surface area contributed by atoms with Crippen LogP contribution in [-0.2, 0) is 24.4 Å². The summed E-state index contributed by atoms with van der Waals surface area (Å²) in [4.78, 5) is 19.0. The van der Waals surface area contributed by atoms with Gasteiger partial charge in [-0.2, -0.15) is 9.78 Å². The molecular formula is C33H36N4O5. The van der Waals surface area contributed by atoms with Crippen LogP contribution in [0.25, 0.3) is 17.1 Å². The van der Waals surface area contributed by atoms with Crippen LogP contribution in [-0.4, -0.2) is 57.1 Å². The molecule has 9 nitrogen and oxygen atoms in total. The number of carbonyl (C=O) groups is 1. The highest BCUT2D eigenvalue weighted by Gasteiger charge is 2.30. The largest absolute Gasteiger partial charge is 0.488 e. The van der Waals surface area contributed by atoms with Crippen LogP contribution in [0.5, 0.6) is 11.6 Å². The van der Waals surface area contributed by atoms with Crippen molar-refractivity contribution in [3.05, 3.63) is 87.6 Å². The van der Waals surface area contributed by atoms with E-state index in [9.17, 15) is 9.90 Å². The Kier molecular flexibility index (Phi) is 7.70. The third kappa shape index (κ3) is 5.14. The van der Waals surface area contributed by atoms with Crippen molar-refractivity contribution in [2.24, 2.45) is 0 Å². The van der Waals surface area contributed by atoms with Crippen LogP contribution in [0.4, 0.5) is 0 Å². The molecule has 0 radical (unpaired) electrons. The molecule has 0 aliphatic carbocycles. The Morgan fingerprint density at radius 2 is 1.81 bits per heavy atom. The van der Waals surface area contributed by atoms with Crippen LogP contribution in [0, 0.1) is 20.8 Å². The van der Waals surface area contributed by atoms with E-state index in [4.69, 9.17) is 19.2 Å². The van der Waals surface area contributed by atoms with Gasteiger partial charge >= 0.3 is 5.97 Å². The number of nitrogens with zero attached hydrogens (tertiary/aromatic N) is 4. The molecule has 1 N–H and O–H groups in total. The molecule has 2 aliphatic rings. The van der Waals surface area contributed by atoms with E-state index in [0.717, 1.165) is 56.0 Å². The lowest BCUT2D eigenvalue weighted by molar-refractivity contribution is 0.0325. The van der Waals surface area contributed by atoms with Crippen molar-refractivity contribution in [3.63, 3.8) is 0 Å². The fourth-order valence-corrected chi connectivity index (χ4v) is 6.20. The van der Waals surface area contributed by atoms with E-state index in [2.05, 4.69) is 29.9 Å². The minimum Gasteiger partial charge on any atom is -0.488 e. The van der Waals surface area contributed by atoms with Gasteiger partial charge in [-0.1, -0.05) is 24.3 Å². The van der Waals surface area contributed by atoms with Gasteiger partial charge in [0.25, 0.3) is 0 Å². The van der Waals surface area contributed by atoms with Crippen LogP contribution in [0.2, 0.25) is 0 Å². The van der Waals surface area contributed by atoms with Gasteiger partial charge in [-0.15, -0.1) is 0 Å². The number of benzene rings is 2. The molecule has 0 atom stereocenters. The zero-order valence-corrected chi connectivity index (χ0v) is 24.5. The Hall–Kier alpha value is -4.21. The number of para-hydroxylation sites is 1. The van der Waals surface area contributed by atoms with Crippen LogP contribution >= 0.6 is 0 Å². The Morgan fingerprint density at radius 1 is 1.05 bits per heavy atom. The van der Waals surface area contributed by atoms with E-state index in [1.165, 1.54) is 45.8 Å². The minimum atomic E-state index is -1.11. The molecule has 4 heterocycles. The van der Waals surface area contributed by atoms with Gasteiger partial charge in [0, 0.05) is 37.9 Å². The molecule has 9 heteroatoms. The van der Waals surface area contributed by atoms with E-state index in [0.29, 0.717) is 24.2 Å². The van der Waals surface area contributed by atoms with E-state index in [1.54, 1.807) is 6.07 Å². The SMILES string of the molecule is COc1c(C(=O)O)cnn1-c1cccc(-c2cccc(C)c2OCc2cc(C)c3c(c2C)CN(C2CCOCC2)C3)n1. The van der Waals surface area contributed by atoms with Gasteiger partial charge in [0.2, 0.25) is 5.88 Å². The fraction of sp³-hybridized carbons (Fsp3) is 0.364. The van der Waals surface area contributed by atoms with Crippen molar-refractivity contribution >= 4 is 5.97 Å². The summed E-state index contributed by atoms with van der Waals surface area (Å²) in [5, 5.41) is 13.7. The number of aromatic carboxylic acids is 1. The maximum absolute atomic E-state index is 11.6. The molecule has 0 saturated carbocycles. The molecule has 0 spiro atoms. The molecule has 42 heavy (non-hydrogen) atoms. The zero-order chi connectivity index (χ0) is 29.4. The quantitative estimate of drug-likeness (QED) is 0.292. The van der Waals surface area contributed by atoms with Crippen LogP contribution in [0.1, 0.15) is 56.6 Å². The lowest BCUT2D eigenvalue weighted by Gasteiger charge is -2.30. The molecule has 0 unspecified atom stereocenters. The number of pyridine rings is 1. The van der Waals surface area contributed by atoms with Gasteiger partial charge in [-0.3, -0.25) is 4.90 Å². The maximum atomic E-state index is 11.6. The Bertz CT molecular complexity index is 1640. The summed E-state index contributed by atoms with van der Waals surface area (Å²) in [6, 6.07) is 14.4. The monoisotopic (exact) mass is 568 g/mol. The van der Waals surface area contributed by atoms with Gasteiger partial charge in [-0.25, -0.2) is 9.78 Å². The predicted octanol–water partition coefficient (Wildman–Crippen LogP) is 5.64. The van der Waals surface area contributed by atoms with Crippen LogP contribution in [0.3, 0.4) is 0 Å². The van der Waals surface area contributed by atoms with Gasteiger partial charge < -0.3 is 19.3 Å². The summed E-state index contributed by atoms with van der Waals surface area (Å²) in [5.74, 6) is 0.216. The van der Waals surface area contributed by atoms with Gasteiger partial charge in [-0.05, 0) is 85.2 Å². The Morgan fingerprint density at radius 3 is 2.57 bits per heavy atom. The number of aryl methyl sites for hydroxylation is 2. The van der Waals surface area contributed by atoms with E-state index >= 15 is 0 Å². The van der Waals surface area contributed by atoms with Crippen molar-refractivity contribution in [2.75, 3.05) is 20.3 Å². The predicted molar refractivity (Wildman–Crippen MR) is 158 cm³/mol. The molecule has 218 valence electrons. The number of methoxy groups -OCH3 is 1. The van der Waals surface area contributed by atoms with Crippen molar-refractivity contribution in [1.82, 2.24) is 19.7 Å². The number of rotatable bonds is 8. The highest BCUT2D eigenvalue weighted by Crippen LogP contribution is 2.36. The molecule has 1 fully saturated rings.